The average molecular weight is 330 g/mol. The van der Waals surface area contributed by atoms with Crippen LogP contribution in [-0.4, -0.2) is 16.8 Å². The molecule has 0 amide bonds. The van der Waals surface area contributed by atoms with Crippen LogP contribution in [0.3, 0.4) is 0 Å². The van der Waals surface area contributed by atoms with Crippen molar-refractivity contribution in [3.05, 3.63) is 33.1 Å². The van der Waals surface area contributed by atoms with Gasteiger partial charge in [0.05, 0.1) is 18.0 Å². The molecule has 0 atom stereocenters. The molecular formula is C16H11FN2O3S. The van der Waals surface area contributed by atoms with E-state index >= 15 is 0 Å². The second-order valence-electron chi connectivity index (χ2n) is 5.51. The highest BCUT2D eigenvalue weighted by Gasteiger charge is 2.31. The fraction of sp³-hybridized carbons (Fsp3) is 0.250. The van der Waals surface area contributed by atoms with Gasteiger partial charge in [-0.25, -0.2) is 4.39 Å². The normalized spacial score (nSPS) is 14.3. The van der Waals surface area contributed by atoms with Crippen LogP contribution in [0.1, 0.15) is 23.8 Å². The number of thiophene rings is 1. The Morgan fingerprint density at radius 1 is 1.48 bits per heavy atom. The lowest BCUT2D eigenvalue weighted by Crippen LogP contribution is -2.10. The number of methoxy groups -OCH3 is 1. The summed E-state index contributed by atoms with van der Waals surface area (Å²) in [7, 11) is 1.42. The molecule has 0 radical (unpaired) electrons. The number of aromatic hydroxyl groups is 1. The van der Waals surface area contributed by atoms with Gasteiger partial charge in [-0.1, -0.05) is 0 Å². The smallest absolute Gasteiger partial charge is 0.202 e. The van der Waals surface area contributed by atoms with E-state index in [4.69, 9.17) is 10.00 Å². The number of hydrogen-bond donors (Lipinski definition) is 1. The summed E-state index contributed by atoms with van der Waals surface area (Å²) >= 11 is 1.07. The van der Waals surface area contributed by atoms with Crippen LogP contribution in [0.4, 0.5) is 4.39 Å². The van der Waals surface area contributed by atoms with Gasteiger partial charge >= 0.3 is 0 Å². The molecule has 0 bridgehead atoms. The molecule has 1 aliphatic carbocycles. The Bertz CT molecular complexity index is 1070. The lowest BCUT2D eigenvalue weighted by Gasteiger charge is -2.15. The third kappa shape index (κ3) is 1.85. The number of hydrogen-bond acceptors (Lipinski definition) is 5. The molecule has 1 aliphatic rings. The van der Waals surface area contributed by atoms with Crippen LogP contribution in [0.2, 0.25) is 0 Å². The van der Waals surface area contributed by atoms with Crippen molar-refractivity contribution in [3.8, 4) is 17.6 Å². The lowest BCUT2D eigenvalue weighted by atomic mass is 10.1. The third-order valence-corrected chi connectivity index (χ3v) is 5.15. The van der Waals surface area contributed by atoms with E-state index in [0.29, 0.717) is 10.3 Å². The molecule has 2 aromatic heterocycles. The quantitative estimate of drug-likeness (QED) is 0.782. The maximum Gasteiger partial charge on any atom is 0.202 e. The van der Waals surface area contributed by atoms with Crippen molar-refractivity contribution in [2.45, 2.75) is 18.9 Å². The molecule has 7 heteroatoms. The van der Waals surface area contributed by atoms with Gasteiger partial charge in [-0.15, -0.1) is 11.3 Å². The van der Waals surface area contributed by atoms with Crippen LogP contribution < -0.4 is 10.2 Å². The van der Waals surface area contributed by atoms with E-state index in [9.17, 15) is 14.3 Å². The second-order valence-corrected chi connectivity index (χ2v) is 6.51. The number of ether oxygens (including phenoxy) is 1. The molecule has 0 aliphatic heterocycles. The minimum absolute atomic E-state index is 0.0820. The predicted octanol–water partition coefficient (Wildman–Crippen LogP) is 3.28. The number of fused-ring (bicyclic) bond motifs is 2. The zero-order chi connectivity index (χ0) is 16.3. The summed E-state index contributed by atoms with van der Waals surface area (Å²) in [5.41, 5.74) is 0.0274. The lowest BCUT2D eigenvalue weighted by molar-refractivity contribution is 0.414. The van der Waals surface area contributed by atoms with Crippen molar-refractivity contribution in [1.82, 2.24) is 4.57 Å². The first-order chi connectivity index (χ1) is 11.1. The van der Waals surface area contributed by atoms with E-state index in [1.807, 2.05) is 10.6 Å². The van der Waals surface area contributed by atoms with Crippen molar-refractivity contribution in [2.24, 2.45) is 0 Å². The summed E-state index contributed by atoms with van der Waals surface area (Å²) in [5.74, 6) is -0.627. The summed E-state index contributed by atoms with van der Waals surface area (Å²) in [6, 6.07) is 4.46. The number of nitriles is 1. The maximum absolute atomic E-state index is 13.8. The second kappa shape index (κ2) is 4.70. The molecule has 0 spiro atoms. The van der Waals surface area contributed by atoms with Crippen LogP contribution in [0.5, 0.6) is 11.5 Å². The first-order valence-electron chi connectivity index (χ1n) is 7.04. The topological polar surface area (TPSA) is 75.2 Å². The van der Waals surface area contributed by atoms with Crippen LogP contribution in [0, 0.1) is 17.1 Å². The van der Waals surface area contributed by atoms with Gasteiger partial charge in [-0.2, -0.15) is 5.26 Å². The van der Waals surface area contributed by atoms with Crippen LogP contribution in [0.25, 0.3) is 21.1 Å². The minimum Gasteiger partial charge on any atom is -0.505 e. The van der Waals surface area contributed by atoms with E-state index in [1.54, 1.807) is 0 Å². The van der Waals surface area contributed by atoms with Gasteiger partial charge in [-0.05, 0) is 18.9 Å². The molecule has 0 unspecified atom stereocenters. The monoisotopic (exact) mass is 330 g/mol. The molecule has 5 nitrogen and oxygen atoms in total. The summed E-state index contributed by atoms with van der Waals surface area (Å²) in [6.45, 7) is 0. The number of nitrogens with zero attached hydrogens (tertiary/aromatic N) is 2. The minimum atomic E-state index is -0.580. The first-order valence-corrected chi connectivity index (χ1v) is 7.85. The van der Waals surface area contributed by atoms with Gasteiger partial charge in [-0.3, -0.25) is 4.79 Å². The van der Waals surface area contributed by atoms with Crippen molar-refractivity contribution in [2.75, 3.05) is 7.11 Å². The van der Waals surface area contributed by atoms with Crippen LogP contribution >= 0.6 is 11.3 Å². The Labute approximate surface area is 133 Å². The molecule has 116 valence electrons. The van der Waals surface area contributed by atoms with Crippen molar-refractivity contribution in [3.63, 3.8) is 0 Å². The molecule has 0 saturated heterocycles. The fourth-order valence-electron chi connectivity index (χ4n) is 2.93. The van der Waals surface area contributed by atoms with E-state index in [0.717, 1.165) is 30.2 Å². The highest BCUT2D eigenvalue weighted by Crippen LogP contribution is 2.45. The van der Waals surface area contributed by atoms with Crippen LogP contribution in [0.15, 0.2) is 16.9 Å². The summed E-state index contributed by atoms with van der Waals surface area (Å²) in [4.78, 5) is 13.4. The van der Waals surface area contributed by atoms with Crippen LogP contribution in [-0.2, 0) is 0 Å². The summed E-state index contributed by atoms with van der Waals surface area (Å²) < 4.78 is 21.0. The number of rotatable bonds is 2. The van der Waals surface area contributed by atoms with Crippen molar-refractivity contribution >= 4 is 32.5 Å². The zero-order valence-corrected chi connectivity index (χ0v) is 12.9. The first kappa shape index (κ1) is 14.0. The molecule has 3 aromatic rings. The maximum atomic E-state index is 13.8. The summed E-state index contributed by atoms with van der Waals surface area (Å²) in [6.07, 6.45) is 1.85. The van der Waals surface area contributed by atoms with Gasteiger partial charge in [0.25, 0.3) is 0 Å². The number of aromatic nitrogens is 1. The Hall–Kier alpha value is -2.59. The van der Waals surface area contributed by atoms with E-state index in [-0.39, 0.29) is 33.2 Å². The molecule has 2 heterocycles. The summed E-state index contributed by atoms with van der Waals surface area (Å²) in [5, 5.41) is 19.6. The van der Waals surface area contributed by atoms with E-state index in [1.165, 1.54) is 13.2 Å². The SMILES string of the molecule is COc1cc(F)cc2c(=O)c3c(O)c(C#N)sc3n(C3CC3)c12. The Balaban J connectivity index is 2.33. The van der Waals surface area contributed by atoms with Crippen molar-refractivity contribution in [1.29, 1.82) is 5.26 Å². The zero-order valence-electron chi connectivity index (χ0n) is 12.1. The number of pyridine rings is 1. The number of halogens is 1. The van der Waals surface area contributed by atoms with Gasteiger partial charge in [0.1, 0.15) is 32.7 Å². The standard InChI is InChI=1S/C16H11FN2O3S/c1-22-10-5-7(17)4-9-13(10)19(8-2-3-8)16-12(14(9)20)15(21)11(6-18)23-16/h4-5,8,21H,2-3H2,1H3. The molecule has 1 fully saturated rings. The van der Waals surface area contributed by atoms with E-state index in [2.05, 4.69) is 0 Å². The molecule has 23 heavy (non-hydrogen) atoms. The Morgan fingerprint density at radius 3 is 2.83 bits per heavy atom. The highest BCUT2D eigenvalue weighted by atomic mass is 32.1. The van der Waals surface area contributed by atoms with Gasteiger partial charge in [0.2, 0.25) is 5.43 Å². The molecule has 1 aromatic carbocycles. The largest absolute Gasteiger partial charge is 0.505 e. The molecule has 1 saturated carbocycles. The Morgan fingerprint density at radius 2 is 2.22 bits per heavy atom. The van der Waals surface area contributed by atoms with Gasteiger partial charge in [0.15, 0.2) is 5.75 Å². The Kier molecular flexibility index (Phi) is 2.87. The molecular weight excluding hydrogens is 319 g/mol. The fourth-order valence-corrected chi connectivity index (χ4v) is 4.00. The molecule has 4 rings (SSSR count). The third-order valence-electron chi connectivity index (χ3n) is 4.07. The van der Waals surface area contributed by atoms with Gasteiger partial charge < -0.3 is 14.4 Å². The predicted molar refractivity (Wildman–Crippen MR) is 84.8 cm³/mol. The average Bonchev–Trinajstić information content (AvgIpc) is 3.31. The van der Waals surface area contributed by atoms with Crippen molar-refractivity contribution < 1.29 is 14.2 Å². The highest BCUT2D eigenvalue weighted by molar-refractivity contribution is 7.19. The van der Waals surface area contributed by atoms with Gasteiger partial charge in [0, 0.05) is 12.1 Å². The molecule has 1 N–H and O–H groups in total. The number of benzene rings is 1. The van der Waals surface area contributed by atoms with E-state index < -0.39 is 11.2 Å².